The lowest BCUT2D eigenvalue weighted by Crippen LogP contribution is -1.76. The maximum Gasteiger partial charge on any atom is 0.256 e. The van der Waals surface area contributed by atoms with Gasteiger partial charge in [0.15, 0.2) is 32.5 Å². The van der Waals surface area contributed by atoms with Crippen molar-refractivity contribution in [1.29, 1.82) is 0 Å². The maximum atomic E-state index is 6.19. The van der Waals surface area contributed by atoms with E-state index >= 15 is 0 Å². The van der Waals surface area contributed by atoms with Crippen LogP contribution in [0.5, 0.6) is 0 Å². The van der Waals surface area contributed by atoms with Crippen molar-refractivity contribution < 1.29 is 17.7 Å². The Morgan fingerprint density at radius 1 is 0.455 bits per heavy atom. The molecule has 10 aromatic rings. The SMILES string of the molecule is c1ccc2oc(-c3ncc(-c4nc5cc6cc7oc(-c8cnc(-c9nc%10ccccc%10o9)s8)nc7cc6cc5o4)s3)cc2c1. The number of aromatic nitrogens is 5. The summed E-state index contributed by atoms with van der Waals surface area (Å²) < 4.78 is 24.2. The molecule has 0 aliphatic carbocycles. The lowest BCUT2D eigenvalue weighted by atomic mass is 10.1. The third kappa shape index (κ3) is 3.73. The normalized spacial score (nSPS) is 12.1. The van der Waals surface area contributed by atoms with Crippen molar-refractivity contribution in [3.8, 4) is 43.2 Å². The Morgan fingerprint density at radius 2 is 1.05 bits per heavy atom. The van der Waals surface area contributed by atoms with E-state index < -0.39 is 0 Å². The fourth-order valence-electron chi connectivity index (χ4n) is 5.32. The van der Waals surface area contributed by atoms with Gasteiger partial charge >= 0.3 is 0 Å². The summed E-state index contributed by atoms with van der Waals surface area (Å²) in [6, 6.07) is 25.5. The first kappa shape index (κ1) is 23.9. The number of para-hydroxylation sites is 3. The second-order valence-electron chi connectivity index (χ2n) is 10.2. The maximum absolute atomic E-state index is 6.19. The highest BCUT2D eigenvalue weighted by Gasteiger charge is 2.19. The number of thiazole rings is 2. The van der Waals surface area contributed by atoms with Crippen LogP contribution in [0.25, 0.3) is 98.2 Å². The summed E-state index contributed by atoms with van der Waals surface area (Å²) >= 11 is 2.90. The van der Waals surface area contributed by atoms with Gasteiger partial charge in [-0.25, -0.2) is 24.9 Å². The van der Waals surface area contributed by atoms with Crippen molar-refractivity contribution in [3.05, 3.63) is 91.3 Å². The Morgan fingerprint density at radius 3 is 1.75 bits per heavy atom. The summed E-state index contributed by atoms with van der Waals surface area (Å²) in [6.07, 6.45) is 3.50. The van der Waals surface area contributed by atoms with Crippen LogP contribution in [-0.4, -0.2) is 24.9 Å². The molecule has 6 aromatic heterocycles. The van der Waals surface area contributed by atoms with Gasteiger partial charge in [-0.05, 0) is 59.3 Å². The van der Waals surface area contributed by atoms with Gasteiger partial charge in [0.1, 0.15) is 31.9 Å². The molecule has 208 valence electrons. The Labute approximate surface area is 254 Å². The summed E-state index contributed by atoms with van der Waals surface area (Å²) in [7, 11) is 0. The van der Waals surface area contributed by atoms with Gasteiger partial charge < -0.3 is 17.7 Å². The van der Waals surface area contributed by atoms with Crippen molar-refractivity contribution in [2.45, 2.75) is 0 Å². The molecule has 0 aliphatic rings. The van der Waals surface area contributed by atoms with Crippen LogP contribution in [-0.2, 0) is 0 Å². The molecule has 11 heteroatoms. The number of oxazole rings is 3. The molecule has 9 nitrogen and oxygen atoms in total. The summed E-state index contributed by atoms with van der Waals surface area (Å²) in [4.78, 5) is 24.8. The second kappa shape index (κ2) is 8.93. The summed E-state index contributed by atoms with van der Waals surface area (Å²) in [5.41, 5.74) is 5.18. The first-order valence-corrected chi connectivity index (χ1v) is 15.3. The summed E-state index contributed by atoms with van der Waals surface area (Å²) in [5, 5.41) is 4.41. The van der Waals surface area contributed by atoms with E-state index in [0.29, 0.717) is 33.8 Å². The Balaban J connectivity index is 0.980. The molecule has 0 bridgehead atoms. The zero-order valence-electron chi connectivity index (χ0n) is 22.3. The minimum atomic E-state index is 0.475. The van der Waals surface area contributed by atoms with Crippen molar-refractivity contribution in [2.24, 2.45) is 0 Å². The molecule has 0 fully saturated rings. The summed E-state index contributed by atoms with van der Waals surface area (Å²) in [6.45, 7) is 0. The zero-order chi connectivity index (χ0) is 28.8. The van der Waals surface area contributed by atoms with Crippen LogP contribution >= 0.6 is 22.7 Å². The first-order valence-electron chi connectivity index (χ1n) is 13.6. The monoisotopic (exact) mass is 609 g/mol. The van der Waals surface area contributed by atoms with Crippen molar-refractivity contribution >= 4 is 77.7 Å². The quantitative estimate of drug-likeness (QED) is 0.192. The minimum absolute atomic E-state index is 0.475. The molecule has 6 heterocycles. The zero-order valence-corrected chi connectivity index (χ0v) is 24.0. The largest absolute Gasteiger partial charge is 0.454 e. The van der Waals surface area contributed by atoms with Gasteiger partial charge in [0, 0.05) is 5.39 Å². The number of benzene rings is 4. The predicted molar refractivity (Wildman–Crippen MR) is 170 cm³/mol. The van der Waals surface area contributed by atoms with Gasteiger partial charge in [-0.3, -0.25) is 0 Å². The van der Waals surface area contributed by atoms with Crippen molar-refractivity contribution in [1.82, 2.24) is 24.9 Å². The number of rotatable bonds is 4. The van der Waals surface area contributed by atoms with E-state index in [1.165, 1.54) is 22.7 Å². The highest BCUT2D eigenvalue weighted by Crippen LogP contribution is 2.38. The molecule has 44 heavy (non-hydrogen) atoms. The van der Waals surface area contributed by atoms with Gasteiger partial charge in [0.25, 0.3) is 5.89 Å². The van der Waals surface area contributed by atoms with Crippen LogP contribution in [0.3, 0.4) is 0 Å². The van der Waals surface area contributed by atoms with E-state index in [2.05, 4.69) is 15.0 Å². The smallest absolute Gasteiger partial charge is 0.256 e. The number of hydrogen-bond acceptors (Lipinski definition) is 11. The molecule has 0 unspecified atom stereocenters. The molecular weight excluding hydrogens is 595 g/mol. The second-order valence-corrected chi connectivity index (χ2v) is 12.3. The van der Waals surface area contributed by atoms with E-state index in [-0.39, 0.29) is 0 Å². The predicted octanol–water partition coefficient (Wildman–Crippen LogP) is 9.59. The standard InChI is InChI=1S/C33H15N5O4S2/c1-3-7-22-16(5-1)11-26(39-22)32-34-14-27(43-32)29-37-20-9-17-13-25-21(10-18(17)12-24(20)41-29)38-30(42-25)28-15-35-33(44-28)31-36-19-6-2-4-8-23(19)40-31/h1-15H. The van der Waals surface area contributed by atoms with Gasteiger partial charge in [0.2, 0.25) is 11.8 Å². The van der Waals surface area contributed by atoms with E-state index in [0.717, 1.165) is 64.4 Å². The van der Waals surface area contributed by atoms with E-state index in [9.17, 15) is 0 Å². The van der Waals surface area contributed by atoms with Gasteiger partial charge in [-0.15, -0.1) is 22.7 Å². The van der Waals surface area contributed by atoms with Crippen molar-refractivity contribution in [3.63, 3.8) is 0 Å². The lowest BCUT2D eigenvalue weighted by molar-refractivity contribution is 0.619. The third-order valence-corrected chi connectivity index (χ3v) is 9.37. The molecule has 0 aliphatic heterocycles. The molecule has 4 aromatic carbocycles. The highest BCUT2D eigenvalue weighted by atomic mass is 32.1. The van der Waals surface area contributed by atoms with Crippen molar-refractivity contribution in [2.75, 3.05) is 0 Å². The van der Waals surface area contributed by atoms with Crippen LogP contribution in [0.1, 0.15) is 0 Å². The van der Waals surface area contributed by atoms with Crippen LogP contribution in [0.15, 0.2) is 109 Å². The third-order valence-electron chi connectivity index (χ3n) is 7.40. The molecule has 0 radical (unpaired) electrons. The molecule has 0 atom stereocenters. The molecule has 10 rings (SSSR count). The first-order chi connectivity index (χ1) is 21.7. The molecular formula is C33H15N5O4S2. The fourth-order valence-corrected chi connectivity index (χ4v) is 6.88. The van der Waals surface area contributed by atoms with Gasteiger partial charge in [-0.1, -0.05) is 30.3 Å². The molecule has 0 N–H and O–H groups in total. The molecule has 0 spiro atoms. The van der Waals surface area contributed by atoms with Crippen LogP contribution in [0, 0.1) is 0 Å². The van der Waals surface area contributed by atoms with E-state index in [1.807, 2.05) is 78.9 Å². The molecule has 0 amide bonds. The lowest BCUT2D eigenvalue weighted by Gasteiger charge is -1.96. The Bertz CT molecular complexity index is 2390. The van der Waals surface area contributed by atoms with Crippen LogP contribution in [0.4, 0.5) is 0 Å². The average molecular weight is 610 g/mol. The number of hydrogen-bond donors (Lipinski definition) is 0. The molecule has 0 saturated carbocycles. The topological polar surface area (TPSA) is 117 Å². The van der Waals surface area contributed by atoms with Gasteiger partial charge in [0.05, 0.1) is 12.4 Å². The number of nitrogens with zero attached hydrogens (tertiary/aromatic N) is 5. The summed E-state index contributed by atoms with van der Waals surface area (Å²) in [5.74, 6) is 2.20. The van der Waals surface area contributed by atoms with Crippen LogP contribution < -0.4 is 0 Å². The van der Waals surface area contributed by atoms with Crippen LogP contribution in [0.2, 0.25) is 0 Å². The Kier molecular flexibility index (Phi) is 4.84. The Hall–Kier alpha value is -5.65. The molecule has 0 saturated heterocycles. The number of fused-ring (bicyclic) bond motifs is 5. The van der Waals surface area contributed by atoms with E-state index in [1.54, 1.807) is 12.4 Å². The number of furan rings is 1. The highest BCUT2D eigenvalue weighted by molar-refractivity contribution is 7.18. The van der Waals surface area contributed by atoms with E-state index in [4.69, 9.17) is 27.6 Å². The fraction of sp³-hybridized carbons (Fsp3) is 0. The average Bonchev–Trinajstić information content (AvgIpc) is 3.88. The minimum Gasteiger partial charge on any atom is -0.454 e. The van der Waals surface area contributed by atoms with Gasteiger partial charge in [-0.2, -0.15) is 0 Å².